The van der Waals surface area contributed by atoms with Gasteiger partial charge in [-0.15, -0.1) is 0 Å². The van der Waals surface area contributed by atoms with Gasteiger partial charge in [-0.3, -0.25) is 58.1 Å². The summed E-state index contributed by atoms with van der Waals surface area (Å²) in [5.41, 5.74) is 38.6. The number of aliphatic hydroxyl groups excluding tert-OH is 2. The lowest BCUT2D eigenvalue weighted by Crippen LogP contribution is -2.61. The molecule has 546 valence electrons. The number of nitrogens with two attached hydrogens (primary N) is 7. The number of fused-ring (bicyclic) bond motifs is 1. The lowest BCUT2D eigenvalue weighted by atomic mass is 9.95. The van der Waals surface area contributed by atoms with E-state index in [1.807, 2.05) is 0 Å². The molecule has 0 spiro atoms. The summed E-state index contributed by atoms with van der Waals surface area (Å²) in [5, 5.41) is 46.1. The van der Waals surface area contributed by atoms with Gasteiger partial charge in [-0.25, -0.2) is 26.7 Å². The Morgan fingerprint density at radius 3 is 1.70 bits per heavy atom. The van der Waals surface area contributed by atoms with Gasteiger partial charge in [0, 0.05) is 57.2 Å². The molecule has 32 nitrogen and oxygen atoms in total. The molecule has 6 rings (SSSR count). The number of likely N-dealkylation sites (tertiary alicyclic amines) is 2. The molecule has 4 aliphatic rings. The number of rotatable bonds is 34. The van der Waals surface area contributed by atoms with Gasteiger partial charge in [0.1, 0.15) is 42.3 Å². The number of aliphatic hydroxyl groups is 2. The average Bonchev–Trinajstić information content (AvgIpc) is 1.78. The van der Waals surface area contributed by atoms with Crippen molar-refractivity contribution in [2.24, 2.45) is 61.0 Å². The Kier molecular flexibility index (Phi) is 29.7. The van der Waals surface area contributed by atoms with Crippen molar-refractivity contribution in [1.82, 2.24) is 46.6 Å². The molecule has 3 fully saturated rings. The van der Waals surface area contributed by atoms with Crippen LogP contribution in [0.25, 0.3) is 0 Å². The Morgan fingerprint density at radius 2 is 1.14 bits per heavy atom. The van der Waals surface area contributed by atoms with E-state index in [1.54, 1.807) is 24.3 Å². The van der Waals surface area contributed by atoms with Crippen LogP contribution < -0.4 is 72.0 Å². The van der Waals surface area contributed by atoms with Gasteiger partial charge in [0.2, 0.25) is 59.0 Å². The number of nitrogens with one attached hydrogen (secondary N) is 6. The van der Waals surface area contributed by atoms with Crippen molar-refractivity contribution in [1.29, 1.82) is 0 Å². The minimum atomic E-state index is -2.54. The van der Waals surface area contributed by atoms with Crippen molar-refractivity contribution < 1.29 is 85.2 Å². The first-order valence-electron chi connectivity index (χ1n) is 32.7. The molecular formula is C62H90F5N19O13. The summed E-state index contributed by atoms with van der Waals surface area (Å²) in [4.78, 5) is 155. The van der Waals surface area contributed by atoms with Crippen LogP contribution in [0, 0.1) is 35.0 Å². The van der Waals surface area contributed by atoms with Crippen molar-refractivity contribution in [3.8, 4) is 0 Å². The van der Waals surface area contributed by atoms with Crippen LogP contribution in [-0.4, -0.2) is 220 Å². The minimum absolute atomic E-state index is 0.0166. The smallest absolute Gasteiger partial charge is 0.326 e. The van der Waals surface area contributed by atoms with Crippen LogP contribution in [0.2, 0.25) is 0 Å². The standard InChI is InChI=1S/C62H90F5N19O13/c63-46-36(47(64)49(66)50(67)48(46)65)26-40(57(96)85(34-13-3-1-2-4-14-34)29-45(90)79-39(59(98)99)17-9-21-77-62(73)74)81-53(92)41(30-87)82-55(94)51(33-23-31-11-5-6-12-32(31)24-33)83-44(89)27-78-54(93)43-25-35(88)28-86(43)58(97)42-18-10-22-84(42)56(95)38(16-8-20-76-61(71)72)80-52(91)37(68)15-7-19-75-60(69)70/h5-6,11-12,33-35,37-43,51,87-88H,1-4,7-10,13-30,68H2,(H,78,93)(H,79,90)(H,80,91)(H,81,92)(H,82,94)(H,83,89)(H,98,99)(H4,69,70,75)(H4,71,72,76)(H4,73,74,77)/t35-,37-,38+,39+,40-,41+,42+,43+,51+/m1/s1. The number of carboxylic acids is 1. The fourth-order valence-corrected chi connectivity index (χ4v) is 12.7. The highest BCUT2D eigenvalue weighted by atomic mass is 19.2. The summed E-state index contributed by atoms with van der Waals surface area (Å²) in [5.74, 6) is -24.0. The number of nitrogens with zero attached hydrogens (tertiary/aromatic N) is 6. The van der Waals surface area contributed by atoms with E-state index in [0.29, 0.717) is 38.5 Å². The van der Waals surface area contributed by atoms with E-state index in [-0.39, 0.29) is 121 Å². The zero-order valence-corrected chi connectivity index (χ0v) is 54.6. The number of carbonyl (C=O) groups excluding carboxylic acids is 9. The number of hydrogen-bond donors (Lipinski definition) is 16. The van der Waals surface area contributed by atoms with Crippen molar-refractivity contribution in [3.05, 3.63) is 70.0 Å². The molecule has 37 heteroatoms. The molecule has 2 saturated heterocycles. The third-order valence-electron chi connectivity index (χ3n) is 17.7. The number of guanidine groups is 3. The van der Waals surface area contributed by atoms with Gasteiger partial charge in [0.05, 0.1) is 31.8 Å². The van der Waals surface area contributed by atoms with Gasteiger partial charge in [0.25, 0.3) is 0 Å². The minimum Gasteiger partial charge on any atom is -0.480 e. The maximum Gasteiger partial charge on any atom is 0.326 e. The first kappa shape index (κ1) is 78.5. The maximum atomic E-state index is 15.6. The summed E-state index contributed by atoms with van der Waals surface area (Å²) < 4.78 is 75.3. The van der Waals surface area contributed by atoms with Gasteiger partial charge >= 0.3 is 5.97 Å². The molecule has 9 atom stereocenters. The number of β-amino-alcohol motifs (C(OH)–C–C–N with tert-alkyl or cyclic N) is 1. The predicted octanol–water partition coefficient (Wildman–Crippen LogP) is -4.05. The molecule has 1 saturated carbocycles. The number of aliphatic imine (C=N–C) groups is 3. The van der Waals surface area contributed by atoms with Gasteiger partial charge in [-0.2, -0.15) is 0 Å². The highest BCUT2D eigenvalue weighted by Crippen LogP contribution is 2.31. The monoisotopic (exact) mass is 1400 g/mol. The lowest BCUT2D eigenvalue weighted by molar-refractivity contribution is -0.148. The van der Waals surface area contributed by atoms with Crippen molar-refractivity contribution in [2.75, 3.05) is 52.4 Å². The van der Waals surface area contributed by atoms with Gasteiger partial charge in [-0.1, -0.05) is 49.9 Å². The number of hydrogen-bond acceptors (Lipinski definition) is 16. The first-order valence-corrected chi connectivity index (χ1v) is 32.7. The number of carboxylic acid groups (broad SMARTS) is 1. The van der Waals surface area contributed by atoms with Crippen molar-refractivity contribution in [2.45, 2.75) is 176 Å². The van der Waals surface area contributed by atoms with Crippen LogP contribution in [0.3, 0.4) is 0 Å². The zero-order chi connectivity index (χ0) is 72.8. The second kappa shape index (κ2) is 37.4. The number of benzene rings is 2. The summed E-state index contributed by atoms with van der Waals surface area (Å²) in [7, 11) is 0. The van der Waals surface area contributed by atoms with E-state index in [0.717, 1.165) is 20.9 Å². The second-order valence-corrected chi connectivity index (χ2v) is 24.9. The maximum absolute atomic E-state index is 15.6. The third kappa shape index (κ3) is 22.2. The van der Waals surface area contributed by atoms with E-state index in [4.69, 9.17) is 40.1 Å². The van der Waals surface area contributed by atoms with Crippen molar-refractivity contribution >= 4 is 77.0 Å². The summed E-state index contributed by atoms with van der Waals surface area (Å²) in [6.45, 7) is -3.15. The summed E-state index contributed by atoms with van der Waals surface area (Å²) in [6, 6.07) is -6.41. The average molecular weight is 1400 g/mol. The van der Waals surface area contributed by atoms with Crippen LogP contribution in [-0.2, 0) is 67.2 Å². The van der Waals surface area contributed by atoms with E-state index >= 15 is 13.6 Å². The molecule has 2 aromatic rings. The zero-order valence-electron chi connectivity index (χ0n) is 54.6. The fraction of sp³-hybridized carbons (Fsp3) is 0.597. The molecule has 0 unspecified atom stereocenters. The molecule has 0 radical (unpaired) electrons. The molecule has 2 heterocycles. The van der Waals surface area contributed by atoms with E-state index in [2.05, 4.69) is 46.9 Å². The second-order valence-electron chi connectivity index (χ2n) is 24.9. The van der Waals surface area contributed by atoms with Crippen LogP contribution in [0.5, 0.6) is 0 Å². The van der Waals surface area contributed by atoms with E-state index < -0.39 is 186 Å². The lowest BCUT2D eigenvalue weighted by Gasteiger charge is -2.35. The van der Waals surface area contributed by atoms with Gasteiger partial charge in [0.15, 0.2) is 41.1 Å². The van der Waals surface area contributed by atoms with E-state index in [9.17, 15) is 71.6 Å². The van der Waals surface area contributed by atoms with Crippen LogP contribution >= 0.6 is 0 Å². The Morgan fingerprint density at radius 1 is 0.606 bits per heavy atom. The number of aliphatic carboxylic acids is 1. The van der Waals surface area contributed by atoms with Crippen LogP contribution in [0.4, 0.5) is 22.0 Å². The molecule has 99 heavy (non-hydrogen) atoms. The van der Waals surface area contributed by atoms with E-state index in [1.165, 1.54) is 4.90 Å². The highest BCUT2D eigenvalue weighted by molar-refractivity contribution is 5.98. The topological polar surface area (TPSA) is 533 Å². The van der Waals surface area contributed by atoms with Crippen molar-refractivity contribution in [3.63, 3.8) is 0 Å². The molecule has 0 bridgehead atoms. The predicted molar refractivity (Wildman–Crippen MR) is 346 cm³/mol. The number of carbonyl (C=O) groups is 10. The SMILES string of the molecule is NC(N)=NCCC[C@@H](N)C(=O)N[C@@H](CCCN=C(N)N)C(=O)N1CCC[C@H]1C(=O)N1C[C@H](O)C[C@H]1C(=O)NCC(=O)N[C@H](C(=O)N[C@@H](CO)C(=O)N[C@H](Cc1c(F)c(F)c(F)c(F)c1F)C(=O)N(CC(=O)N[C@@H](CCCN=C(N)N)C(=O)O)C1CCCCCC1)C1Cc2ccccc2C1. The highest BCUT2D eigenvalue weighted by Gasteiger charge is 2.47. The quantitative estimate of drug-likeness (QED) is 0.00603. The largest absolute Gasteiger partial charge is 0.480 e. The molecule has 2 aromatic carbocycles. The Bertz CT molecular complexity index is 3280. The van der Waals surface area contributed by atoms with Crippen LogP contribution in [0.1, 0.15) is 113 Å². The third-order valence-corrected chi connectivity index (χ3v) is 17.7. The number of amides is 9. The Labute approximate surface area is 566 Å². The number of halogens is 5. The normalized spacial score (nSPS) is 18.7. The Balaban J connectivity index is 1.20. The molecule has 2 aliphatic carbocycles. The molecule has 23 N–H and O–H groups in total. The van der Waals surface area contributed by atoms with Gasteiger partial charge < -0.3 is 102 Å². The molecule has 9 amide bonds. The molecule has 2 aliphatic heterocycles. The first-order chi connectivity index (χ1) is 47.0. The molecular weight excluding hydrogens is 1310 g/mol. The molecule has 0 aromatic heterocycles. The summed E-state index contributed by atoms with van der Waals surface area (Å²) in [6.07, 6.45) is 0.927. The van der Waals surface area contributed by atoms with Gasteiger partial charge in [-0.05, 0) is 94.1 Å². The Hall–Kier alpha value is -9.52. The van der Waals surface area contributed by atoms with Crippen LogP contribution in [0.15, 0.2) is 39.2 Å². The summed E-state index contributed by atoms with van der Waals surface area (Å²) >= 11 is 0. The fourth-order valence-electron chi connectivity index (χ4n) is 12.7.